The van der Waals surface area contributed by atoms with Gasteiger partial charge in [0.2, 0.25) is 0 Å². The normalized spacial score (nSPS) is 10.5. The lowest BCUT2D eigenvalue weighted by Gasteiger charge is -2.03. The molecule has 4 nitrogen and oxygen atoms in total. The van der Waals surface area contributed by atoms with Gasteiger partial charge in [0.15, 0.2) is 0 Å². The zero-order valence-corrected chi connectivity index (χ0v) is 9.99. The molecule has 0 bridgehead atoms. The fraction of sp³-hybridized carbons (Fsp3) is 0.167. The Morgan fingerprint density at radius 1 is 1.35 bits per heavy atom. The summed E-state index contributed by atoms with van der Waals surface area (Å²) in [6.45, 7) is 0.274. The Bertz CT molecular complexity index is 563. The van der Waals surface area contributed by atoms with Gasteiger partial charge in [0.25, 0.3) is 5.56 Å². The number of nitrogens with zero attached hydrogens (tertiary/aromatic N) is 1. The van der Waals surface area contributed by atoms with E-state index in [1.165, 1.54) is 6.07 Å². The molecule has 1 heterocycles. The fourth-order valence-corrected chi connectivity index (χ4v) is 1.61. The van der Waals surface area contributed by atoms with Crippen molar-refractivity contribution in [3.63, 3.8) is 0 Å². The van der Waals surface area contributed by atoms with Crippen LogP contribution in [0.15, 0.2) is 35.1 Å². The molecule has 2 rings (SSSR count). The highest BCUT2D eigenvalue weighted by Gasteiger charge is 2.03. The van der Waals surface area contributed by atoms with Crippen molar-refractivity contribution >= 4 is 11.6 Å². The van der Waals surface area contributed by atoms with Crippen LogP contribution in [0.1, 0.15) is 5.82 Å². The predicted molar refractivity (Wildman–Crippen MR) is 66.0 cm³/mol. The molecule has 0 aliphatic heterocycles. The van der Waals surface area contributed by atoms with Gasteiger partial charge >= 0.3 is 0 Å². The number of H-pyrrole nitrogens is 1. The van der Waals surface area contributed by atoms with Gasteiger partial charge in [-0.25, -0.2) is 4.98 Å². The Morgan fingerprint density at radius 2 is 2.06 bits per heavy atom. The lowest BCUT2D eigenvalue weighted by molar-refractivity contribution is 0.177. The molecule has 2 aromatic rings. The molecule has 0 atom stereocenters. The minimum Gasteiger partial charge on any atom is -0.377 e. The van der Waals surface area contributed by atoms with Crippen LogP contribution in [0.2, 0.25) is 5.02 Å². The van der Waals surface area contributed by atoms with E-state index in [2.05, 4.69) is 9.97 Å². The van der Waals surface area contributed by atoms with Gasteiger partial charge in [0.1, 0.15) is 12.4 Å². The van der Waals surface area contributed by atoms with Crippen molar-refractivity contribution < 1.29 is 4.74 Å². The maximum absolute atomic E-state index is 11.4. The maximum Gasteiger partial charge on any atom is 0.251 e. The van der Waals surface area contributed by atoms with Crippen molar-refractivity contribution in [1.29, 1.82) is 0 Å². The second-order valence-electron chi connectivity index (χ2n) is 3.52. The van der Waals surface area contributed by atoms with Crippen LogP contribution in [-0.2, 0) is 11.3 Å². The lowest BCUT2D eigenvalue weighted by Crippen LogP contribution is -2.11. The molecular formula is C12H11ClN2O2. The molecule has 0 fully saturated rings. The summed E-state index contributed by atoms with van der Waals surface area (Å²) in [4.78, 5) is 18.4. The zero-order valence-electron chi connectivity index (χ0n) is 9.24. The number of benzene rings is 1. The van der Waals surface area contributed by atoms with Crippen molar-refractivity contribution in [2.24, 2.45) is 0 Å². The molecule has 0 amide bonds. The van der Waals surface area contributed by atoms with Crippen molar-refractivity contribution in [2.75, 3.05) is 7.11 Å². The fourth-order valence-electron chi connectivity index (χ4n) is 1.48. The van der Waals surface area contributed by atoms with E-state index in [-0.39, 0.29) is 12.2 Å². The largest absolute Gasteiger partial charge is 0.377 e. The quantitative estimate of drug-likeness (QED) is 0.909. The third kappa shape index (κ3) is 2.93. The molecule has 17 heavy (non-hydrogen) atoms. The highest BCUT2D eigenvalue weighted by Crippen LogP contribution is 2.18. The number of methoxy groups -OCH3 is 1. The number of aromatic amines is 1. The topological polar surface area (TPSA) is 55.0 Å². The first-order chi connectivity index (χ1) is 8.19. The average Bonchev–Trinajstić information content (AvgIpc) is 2.29. The van der Waals surface area contributed by atoms with Gasteiger partial charge in [-0.05, 0) is 12.1 Å². The Kier molecular flexibility index (Phi) is 3.56. The van der Waals surface area contributed by atoms with E-state index in [4.69, 9.17) is 16.3 Å². The van der Waals surface area contributed by atoms with Gasteiger partial charge in [-0.1, -0.05) is 23.7 Å². The van der Waals surface area contributed by atoms with Crippen molar-refractivity contribution in [1.82, 2.24) is 9.97 Å². The van der Waals surface area contributed by atoms with Crippen LogP contribution in [-0.4, -0.2) is 17.1 Å². The average molecular weight is 251 g/mol. The third-order valence-electron chi connectivity index (χ3n) is 2.21. The summed E-state index contributed by atoms with van der Waals surface area (Å²) in [6.07, 6.45) is 0. The number of hydrogen-bond acceptors (Lipinski definition) is 3. The number of hydrogen-bond donors (Lipinski definition) is 1. The van der Waals surface area contributed by atoms with Crippen molar-refractivity contribution in [3.8, 4) is 11.3 Å². The zero-order chi connectivity index (χ0) is 12.3. The molecule has 0 radical (unpaired) electrons. The molecule has 0 spiro atoms. The molecule has 0 aliphatic rings. The van der Waals surface area contributed by atoms with Gasteiger partial charge in [0.05, 0.1) is 5.69 Å². The van der Waals surface area contributed by atoms with Gasteiger partial charge in [-0.3, -0.25) is 4.79 Å². The highest BCUT2D eigenvalue weighted by molar-refractivity contribution is 6.30. The Labute approximate surface area is 103 Å². The van der Waals surface area contributed by atoms with Crippen LogP contribution in [0.5, 0.6) is 0 Å². The number of aromatic nitrogens is 2. The molecule has 88 valence electrons. The van der Waals surface area contributed by atoms with Crippen molar-refractivity contribution in [3.05, 3.63) is 51.5 Å². The summed E-state index contributed by atoms with van der Waals surface area (Å²) in [5, 5.41) is 0.649. The molecule has 5 heteroatoms. The summed E-state index contributed by atoms with van der Waals surface area (Å²) in [7, 11) is 1.55. The smallest absolute Gasteiger partial charge is 0.251 e. The molecule has 1 N–H and O–H groups in total. The molecular weight excluding hydrogens is 240 g/mol. The van der Waals surface area contributed by atoms with E-state index in [1.807, 2.05) is 12.1 Å². The van der Waals surface area contributed by atoms with Crippen LogP contribution in [0, 0.1) is 0 Å². The van der Waals surface area contributed by atoms with Crippen LogP contribution in [0.4, 0.5) is 0 Å². The number of rotatable bonds is 3. The summed E-state index contributed by atoms with van der Waals surface area (Å²) in [5.74, 6) is 0.505. The SMILES string of the molecule is COCc1nc(-c2ccc(Cl)cc2)cc(=O)[nH]1. The van der Waals surface area contributed by atoms with E-state index < -0.39 is 0 Å². The van der Waals surface area contributed by atoms with E-state index in [9.17, 15) is 4.79 Å². The lowest BCUT2D eigenvalue weighted by atomic mass is 10.1. The second kappa shape index (κ2) is 5.12. The Morgan fingerprint density at radius 3 is 2.71 bits per heavy atom. The standard InChI is InChI=1S/C12H11ClN2O2/c1-17-7-11-14-10(6-12(16)15-11)8-2-4-9(13)5-3-8/h2-6H,7H2,1H3,(H,14,15,16). The van der Waals surface area contributed by atoms with E-state index in [0.717, 1.165) is 5.56 Å². The minimum atomic E-state index is -0.197. The van der Waals surface area contributed by atoms with Crippen LogP contribution >= 0.6 is 11.6 Å². The molecule has 0 saturated heterocycles. The van der Waals surface area contributed by atoms with Crippen LogP contribution in [0.25, 0.3) is 11.3 Å². The molecule has 0 saturated carbocycles. The maximum atomic E-state index is 11.4. The van der Waals surface area contributed by atoms with Gasteiger partial charge in [0, 0.05) is 23.8 Å². The van der Waals surface area contributed by atoms with Crippen molar-refractivity contribution in [2.45, 2.75) is 6.61 Å². The summed E-state index contributed by atoms with van der Waals surface area (Å²) >= 11 is 5.80. The molecule has 0 unspecified atom stereocenters. The Hall–Kier alpha value is -1.65. The Balaban J connectivity index is 2.44. The first-order valence-corrected chi connectivity index (χ1v) is 5.42. The van der Waals surface area contributed by atoms with E-state index in [0.29, 0.717) is 16.5 Å². The second-order valence-corrected chi connectivity index (χ2v) is 3.95. The third-order valence-corrected chi connectivity index (χ3v) is 2.46. The van der Waals surface area contributed by atoms with Gasteiger partial charge in [-0.2, -0.15) is 0 Å². The number of halogens is 1. The number of nitrogens with one attached hydrogen (secondary N) is 1. The number of ether oxygens (including phenoxy) is 1. The predicted octanol–water partition coefficient (Wildman–Crippen LogP) is 2.24. The van der Waals surface area contributed by atoms with E-state index in [1.54, 1.807) is 19.2 Å². The first-order valence-electron chi connectivity index (χ1n) is 5.04. The molecule has 1 aromatic carbocycles. The van der Waals surface area contributed by atoms with Crippen LogP contribution in [0.3, 0.4) is 0 Å². The summed E-state index contributed by atoms with van der Waals surface area (Å²) in [6, 6.07) is 8.61. The molecule has 1 aromatic heterocycles. The summed E-state index contributed by atoms with van der Waals surface area (Å²) < 4.78 is 4.94. The van der Waals surface area contributed by atoms with Gasteiger partial charge < -0.3 is 9.72 Å². The highest BCUT2D eigenvalue weighted by atomic mass is 35.5. The van der Waals surface area contributed by atoms with Crippen LogP contribution < -0.4 is 5.56 Å². The van der Waals surface area contributed by atoms with Gasteiger partial charge in [-0.15, -0.1) is 0 Å². The first kappa shape index (κ1) is 11.8. The summed E-state index contributed by atoms with van der Waals surface area (Å²) in [5.41, 5.74) is 1.26. The minimum absolute atomic E-state index is 0.197. The molecule has 0 aliphatic carbocycles. The monoisotopic (exact) mass is 250 g/mol. The van der Waals surface area contributed by atoms with E-state index >= 15 is 0 Å².